The smallest absolute Gasteiger partial charge is 0.336 e. The van der Waals surface area contributed by atoms with E-state index >= 15 is 0 Å². The van der Waals surface area contributed by atoms with E-state index in [0.717, 1.165) is 0 Å². The van der Waals surface area contributed by atoms with Gasteiger partial charge in [-0.25, -0.2) is 4.79 Å². The first-order valence-corrected chi connectivity index (χ1v) is 3.62. The van der Waals surface area contributed by atoms with Gasteiger partial charge >= 0.3 is 5.97 Å². The van der Waals surface area contributed by atoms with E-state index in [9.17, 15) is 4.79 Å². The molecule has 0 amide bonds. The van der Waals surface area contributed by atoms with Crippen molar-refractivity contribution >= 4 is 29.2 Å². The van der Waals surface area contributed by atoms with Crippen molar-refractivity contribution < 1.29 is 9.53 Å². The summed E-state index contributed by atoms with van der Waals surface area (Å²) in [6, 6.07) is 0. The van der Waals surface area contributed by atoms with Crippen LogP contribution in [0.4, 0.5) is 0 Å². The van der Waals surface area contributed by atoms with Gasteiger partial charge in [-0.2, -0.15) is 0 Å². The molecule has 0 spiro atoms. The first-order valence-electron chi connectivity index (χ1n) is 2.86. The Morgan fingerprint density at radius 1 is 1.64 bits per heavy atom. The van der Waals surface area contributed by atoms with Crippen molar-refractivity contribution in [1.29, 1.82) is 0 Å². The second-order valence-corrected chi connectivity index (χ2v) is 2.67. The summed E-state index contributed by atoms with van der Waals surface area (Å²) in [6.45, 7) is 3.44. The molecule has 0 aliphatic carbocycles. The van der Waals surface area contributed by atoms with Crippen LogP contribution in [0.1, 0.15) is 6.42 Å². The highest BCUT2D eigenvalue weighted by molar-refractivity contribution is 6.57. The number of hydrogen-bond donors (Lipinski definition) is 0. The fourth-order valence-electron chi connectivity index (χ4n) is 0.505. The Bertz CT molecular complexity index is 193. The molecule has 0 aliphatic heterocycles. The summed E-state index contributed by atoms with van der Waals surface area (Å²) in [5.41, 5.74) is 0.228. The zero-order valence-corrected chi connectivity index (χ0v) is 7.58. The third-order valence-corrected chi connectivity index (χ3v) is 1.46. The summed E-state index contributed by atoms with van der Waals surface area (Å²) in [7, 11) is 1.27. The average molecular weight is 195 g/mol. The van der Waals surface area contributed by atoms with Crippen molar-refractivity contribution in [1.82, 2.24) is 0 Å². The first-order chi connectivity index (χ1) is 5.13. The highest BCUT2D eigenvalue weighted by Crippen LogP contribution is 2.18. The van der Waals surface area contributed by atoms with Crippen molar-refractivity contribution in [3.05, 3.63) is 22.7 Å². The van der Waals surface area contributed by atoms with Crippen LogP contribution in [-0.2, 0) is 9.53 Å². The van der Waals surface area contributed by atoms with Crippen LogP contribution in [0.3, 0.4) is 0 Å². The lowest BCUT2D eigenvalue weighted by atomic mass is 10.2. The molecule has 62 valence electrons. The van der Waals surface area contributed by atoms with E-state index in [1.807, 2.05) is 0 Å². The molecule has 0 unspecified atom stereocenters. The number of methoxy groups -OCH3 is 1. The number of halogens is 2. The molecular formula is C7H8Cl2O2. The Hall–Kier alpha value is -0.470. The van der Waals surface area contributed by atoms with Crippen LogP contribution in [0.25, 0.3) is 0 Å². The zero-order valence-electron chi connectivity index (χ0n) is 6.06. The summed E-state index contributed by atoms with van der Waals surface area (Å²) >= 11 is 10.8. The van der Waals surface area contributed by atoms with E-state index in [1.54, 1.807) is 0 Å². The maximum atomic E-state index is 10.8. The minimum Gasteiger partial charge on any atom is -0.466 e. The van der Waals surface area contributed by atoms with Crippen molar-refractivity contribution in [2.24, 2.45) is 0 Å². The second kappa shape index (κ2) is 5.22. The molecule has 0 aromatic carbocycles. The lowest BCUT2D eigenvalue weighted by molar-refractivity contribution is -0.136. The Kier molecular flexibility index (Phi) is 4.99. The fourth-order valence-corrected chi connectivity index (χ4v) is 0.814. The molecule has 0 heterocycles. The normalized spacial score (nSPS) is 8.64. The monoisotopic (exact) mass is 194 g/mol. The molecular weight excluding hydrogens is 187 g/mol. The first kappa shape index (κ1) is 10.5. The van der Waals surface area contributed by atoms with E-state index in [4.69, 9.17) is 23.2 Å². The van der Waals surface area contributed by atoms with E-state index in [0.29, 0.717) is 6.42 Å². The Morgan fingerprint density at radius 3 is 2.45 bits per heavy atom. The summed E-state index contributed by atoms with van der Waals surface area (Å²) in [6.07, 6.45) is 1.84. The van der Waals surface area contributed by atoms with E-state index in [1.165, 1.54) is 13.2 Å². The van der Waals surface area contributed by atoms with Crippen LogP contribution >= 0.6 is 23.2 Å². The van der Waals surface area contributed by atoms with Crippen LogP contribution < -0.4 is 0 Å². The number of carbonyl (C=O) groups excluding carboxylic acids is 1. The summed E-state index contributed by atoms with van der Waals surface area (Å²) in [5, 5.41) is 0. The van der Waals surface area contributed by atoms with Gasteiger partial charge in [-0.15, -0.1) is 6.58 Å². The molecule has 4 heteroatoms. The third kappa shape index (κ3) is 3.44. The van der Waals surface area contributed by atoms with Gasteiger partial charge in [0.05, 0.1) is 12.7 Å². The van der Waals surface area contributed by atoms with Crippen molar-refractivity contribution in [3.8, 4) is 0 Å². The van der Waals surface area contributed by atoms with Gasteiger partial charge in [-0.3, -0.25) is 0 Å². The quantitative estimate of drug-likeness (QED) is 0.392. The van der Waals surface area contributed by atoms with Gasteiger partial charge in [0.25, 0.3) is 0 Å². The van der Waals surface area contributed by atoms with Crippen molar-refractivity contribution in [2.45, 2.75) is 6.42 Å². The Balaban J connectivity index is 4.48. The minimum atomic E-state index is -0.523. The predicted octanol–water partition coefficient (Wildman–Crippen LogP) is 2.42. The lowest BCUT2D eigenvalue weighted by Gasteiger charge is -2.00. The SMILES string of the molecule is C=CCC(C(=O)OC)=C(Cl)Cl. The van der Waals surface area contributed by atoms with Crippen LogP contribution in [0.15, 0.2) is 22.7 Å². The highest BCUT2D eigenvalue weighted by Gasteiger charge is 2.11. The van der Waals surface area contributed by atoms with E-state index in [-0.39, 0.29) is 10.1 Å². The standard InChI is InChI=1S/C7H8Cl2O2/c1-3-4-5(6(8)9)7(10)11-2/h3H,1,4H2,2H3. The van der Waals surface area contributed by atoms with Gasteiger partial charge in [-0.05, 0) is 6.42 Å². The molecule has 0 N–H and O–H groups in total. The van der Waals surface area contributed by atoms with Crippen LogP contribution in [0, 0.1) is 0 Å². The molecule has 0 atom stereocenters. The topological polar surface area (TPSA) is 26.3 Å². The zero-order chi connectivity index (χ0) is 8.85. The number of carbonyl (C=O) groups is 1. The molecule has 0 aromatic heterocycles. The number of esters is 1. The Labute approximate surface area is 75.4 Å². The molecule has 0 bridgehead atoms. The van der Waals surface area contributed by atoms with E-state index < -0.39 is 5.97 Å². The molecule has 0 fully saturated rings. The molecule has 0 saturated carbocycles. The van der Waals surface area contributed by atoms with Gasteiger partial charge in [0.1, 0.15) is 4.49 Å². The highest BCUT2D eigenvalue weighted by atomic mass is 35.5. The molecule has 0 rings (SSSR count). The van der Waals surface area contributed by atoms with Crippen LogP contribution in [0.2, 0.25) is 0 Å². The number of allylic oxidation sites excluding steroid dienone is 1. The number of hydrogen-bond acceptors (Lipinski definition) is 2. The average Bonchev–Trinajstić information content (AvgIpc) is 1.98. The van der Waals surface area contributed by atoms with Crippen molar-refractivity contribution in [2.75, 3.05) is 7.11 Å². The van der Waals surface area contributed by atoms with Gasteiger partial charge < -0.3 is 4.74 Å². The van der Waals surface area contributed by atoms with Gasteiger partial charge in [0.15, 0.2) is 0 Å². The molecule has 0 aromatic rings. The van der Waals surface area contributed by atoms with Gasteiger partial charge in [0.2, 0.25) is 0 Å². The lowest BCUT2D eigenvalue weighted by Crippen LogP contribution is -2.04. The minimum absolute atomic E-state index is 0.0725. The van der Waals surface area contributed by atoms with Gasteiger partial charge in [-0.1, -0.05) is 29.3 Å². The predicted molar refractivity (Wildman–Crippen MR) is 45.6 cm³/mol. The second-order valence-electron chi connectivity index (χ2n) is 1.72. The summed E-state index contributed by atoms with van der Waals surface area (Å²) in [5.74, 6) is -0.523. The molecule has 0 radical (unpaired) electrons. The van der Waals surface area contributed by atoms with Gasteiger partial charge in [0, 0.05) is 0 Å². The number of ether oxygens (including phenoxy) is 1. The largest absolute Gasteiger partial charge is 0.466 e. The maximum Gasteiger partial charge on any atom is 0.336 e. The fraction of sp³-hybridized carbons (Fsp3) is 0.286. The van der Waals surface area contributed by atoms with E-state index in [2.05, 4.69) is 11.3 Å². The Morgan fingerprint density at radius 2 is 2.18 bits per heavy atom. The third-order valence-electron chi connectivity index (χ3n) is 1.01. The summed E-state index contributed by atoms with van der Waals surface area (Å²) in [4.78, 5) is 10.8. The van der Waals surface area contributed by atoms with Crippen LogP contribution in [0.5, 0.6) is 0 Å². The molecule has 0 saturated heterocycles. The molecule has 11 heavy (non-hydrogen) atoms. The number of rotatable bonds is 3. The van der Waals surface area contributed by atoms with Crippen molar-refractivity contribution in [3.63, 3.8) is 0 Å². The molecule has 0 aliphatic rings. The maximum absolute atomic E-state index is 10.8. The van der Waals surface area contributed by atoms with Crippen LogP contribution in [-0.4, -0.2) is 13.1 Å². The molecule has 2 nitrogen and oxygen atoms in total. The summed E-state index contributed by atoms with van der Waals surface area (Å²) < 4.78 is 4.34.